The van der Waals surface area contributed by atoms with Crippen molar-refractivity contribution in [1.82, 2.24) is 10.6 Å². The van der Waals surface area contributed by atoms with E-state index in [0.29, 0.717) is 30.1 Å². The zero-order chi connectivity index (χ0) is 17.6. The van der Waals surface area contributed by atoms with E-state index >= 15 is 0 Å². The summed E-state index contributed by atoms with van der Waals surface area (Å²) in [5, 5.41) is 6.32. The van der Waals surface area contributed by atoms with Crippen molar-refractivity contribution in [2.45, 2.75) is 45.8 Å². The number of alkyl carbamates (subject to hydrolysis) is 1. The van der Waals surface area contributed by atoms with Gasteiger partial charge in [0, 0.05) is 17.6 Å². The maximum absolute atomic E-state index is 13.5. The summed E-state index contributed by atoms with van der Waals surface area (Å²) in [5.74, 6) is -0.494. The number of carbonyl (C=O) groups is 1. The van der Waals surface area contributed by atoms with E-state index in [1.165, 1.54) is 12.1 Å². The van der Waals surface area contributed by atoms with E-state index in [9.17, 15) is 9.18 Å². The minimum absolute atomic E-state index is 0.00695. The molecule has 0 fully saturated rings. The average molecular weight is 365 g/mol. The smallest absolute Gasteiger partial charge is 0.407 e. The van der Waals surface area contributed by atoms with E-state index in [0.717, 1.165) is 0 Å². The van der Waals surface area contributed by atoms with Gasteiger partial charge in [0.2, 0.25) is 0 Å². The summed E-state index contributed by atoms with van der Waals surface area (Å²) < 4.78 is 18.6. The maximum atomic E-state index is 13.5. The molecule has 2 N–H and O–H groups in total. The predicted octanol–water partition coefficient (Wildman–Crippen LogP) is 4.70. The number of ether oxygens (including phenoxy) is 1. The Bertz CT molecular complexity index is 548. The van der Waals surface area contributed by atoms with Crippen LogP contribution in [0.1, 0.15) is 45.7 Å². The van der Waals surface area contributed by atoms with Crippen molar-refractivity contribution in [3.63, 3.8) is 0 Å². The highest BCUT2D eigenvalue weighted by molar-refractivity contribution is 6.35. The molecule has 1 rings (SSSR count). The Morgan fingerprint density at radius 2 is 1.91 bits per heavy atom. The Kier molecular flexibility index (Phi) is 7.58. The Labute approximate surface area is 146 Å². The molecular formula is C16H23Cl2FN2O2. The molecule has 1 amide bonds. The summed E-state index contributed by atoms with van der Waals surface area (Å²) >= 11 is 11.8. The van der Waals surface area contributed by atoms with Crippen LogP contribution in [-0.4, -0.2) is 24.8 Å². The Hall–Kier alpha value is -1.04. The fourth-order valence-electron chi connectivity index (χ4n) is 1.89. The molecule has 23 heavy (non-hydrogen) atoms. The van der Waals surface area contributed by atoms with Crippen molar-refractivity contribution >= 4 is 29.3 Å². The zero-order valence-corrected chi connectivity index (χ0v) is 15.3. The van der Waals surface area contributed by atoms with Gasteiger partial charge in [-0.15, -0.1) is 0 Å². The standard InChI is InChI=1S/C16H23Cl2FN2O2/c1-10(11-8-14(19)13(18)9-12(11)17)20-6-5-7-21-15(22)23-16(2,3)4/h8-10,20H,5-7H2,1-4H3,(H,21,22). The third-order valence-corrected chi connectivity index (χ3v) is 3.60. The lowest BCUT2D eigenvalue weighted by Crippen LogP contribution is -2.34. The van der Waals surface area contributed by atoms with Gasteiger partial charge in [-0.25, -0.2) is 9.18 Å². The van der Waals surface area contributed by atoms with E-state index in [2.05, 4.69) is 10.6 Å². The monoisotopic (exact) mass is 364 g/mol. The van der Waals surface area contributed by atoms with Crippen molar-refractivity contribution in [1.29, 1.82) is 0 Å². The van der Waals surface area contributed by atoms with Crippen LogP contribution in [0.25, 0.3) is 0 Å². The van der Waals surface area contributed by atoms with Gasteiger partial charge in [0.1, 0.15) is 11.4 Å². The minimum atomic E-state index is -0.508. The van der Waals surface area contributed by atoms with Crippen molar-refractivity contribution in [3.8, 4) is 0 Å². The quantitative estimate of drug-likeness (QED) is 0.568. The molecule has 0 saturated carbocycles. The number of amides is 1. The minimum Gasteiger partial charge on any atom is -0.444 e. The first-order valence-electron chi connectivity index (χ1n) is 7.45. The lowest BCUT2D eigenvalue weighted by Gasteiger charge is -2.20. The van der Waals surface area contributed by atoms with E-state index in [4.69, 9.17) is 27.9 Å². The number of hydrogen-bond acceptors (Lipinski definition) is 3. The van der Waals surface area contributed by atoms with Crippen LogP contribution in [0.4, 0.5) is 9.18 Å². The highest BCUT2D eigenvalue weighted by Gasteiger charge is 2.16. The molecule has 0 aromatic heterocycles. The van der Waals surface area contributed by atoms with Crippen molar-refractivity contribution in [2.75, 3.05) is 13.1 Å². The molecule has 0 radical (unpaired) electrons. The molecule has 1 aromatic rings. The summed E-state index contributed by atoms with van der Waals surface area (Å²) in [5.41, 5.74) is 0.139. The molecule has 7 heteroatoms. The SMILES string of the molecule is CC(NCCCNC(=O)OC(C)(C)C)c1cc(F)c(Cl)cc1Cl. The molecule has 0 bridgehead atoms. The lowest BCUT2D eigenvalue weighted by molar-refractivity contribution is 0.0527. The van der Waals surface area contributed by atoms with Crippen LogP contribution >= 0.6 is 23.2 Å². The third-order valence-electron chi connectivity index (χ3n) is 2.98. The number of halogens is 3. The molecule has 1 unspecified atom stereocenters. The van der Waals surface area contributed by atoms with E-state index in [1.54, 1.807) is 0 Å². The van der Waals surface area contributed by atoms with Crippen LogP contribution in [0.2, 0.25) is 10.0 Å². The molecule has 130 valence electrons. The van der Waals surface area contributed by atoms with E-state index in [-0.39, 0.29) is 11.1 Å². The summed E-state index contributed by atoms with van der Waals surface area (Å²) in [6.07, 6.45) is 0.269. The Balaban J connectivity index is 2.34. The largest absolute Gasteiger partial charge is 0.444 e. The fraction of sp³-hybridized carbons (Fsp3) is 0.562. The van der Waals surface area contributed by atoms with Gasteiger partial charge < -0.3 is 15.4 Å². The van der Waals surface area contributed by atoms with Crippen LogP contribution in [-0.2, 0) is 4.74 Å². The van der Waals surface area contributed by atoms with Gasteiger partial charge in [0.25, 0.3) is 0 Å². The van der Waals surface area contributed by atoms with Crippen molar-refractivity contribution < 1.29 is 13.9 Å². The van der Waals surface area contributed by atoms with Gasteiger partial charge in [0.05, 0.1) is 5.02 Å². The number of carbonyl (C=O) groups excluding carboxylic acids is 1. The first kappa shape index (κ1) is 20.0. The van der Waals surface area contributed by atoms with Crippen LogP contribution in [0.5, 0.6) is 0 Å². The summed E-state index contributed by atoms with van der Waals surface area (Å²) in [4.78, 5) is 11.5. The molecule has 0 aliphatic rings. The van der Waals surface area contributed by atoms with E-state index < -0.39 is 17.5 Å². The van der Waals surface area contributed by atoms with Gasteiger partial charge in [-0.1, -0.05) is 23.2 Å². The van der Waals surface area contributed by atoms with Gasteiger partial charge in [-0.2, -0.15) is 0 Å². The van der Waals surface area contributed by atoms with Crippen LogP contribution in [0.3, 0.4) is 0 Å². The predicted molar refractivity (Wildman–Crippen MR) is 91.7 cm³/mol. The van der Waals surface area contributed by atoms with Crippen LogP contribution < -0.4 is 10.6 Å². The highest BCUT2D eigenvalue weighted by atomic mass is 35.5. The molecule has 1 aromatic carbocycles. The van der Waals surface area contributed by atoms with E-state index in [1.807, 2.05) is 27.7 Å². The molecule has 4 nitrogen and oxygen atoms in total. The van der Waals surface area contributed by atoms with Gasteiger partial charge >= 0.3 is 6.09 Å². The second-order valence-electron chi connectivity index (χ2n) is 6.25. The first-order valence-corrected chi connectivity index (χ1v) is 8.20. The molecular weight excluding hydrogens is 342 g/mol. The molecule has 0 heterocycles. The van der Waals surface area contributed by atoms with Crippen molar-refractivity contribution in [2.24, 2.45) is 0 Å². The number of hydrogen-bond donors (Lipinski definition) is 2. The molecule has 0 aliphatic heterocycles. The summed E-state index contributed by atoms with van der Waals surface area (Å²) in [7, 11) is 0. The molecule has 0 saturated heterocycles. The summed E-state index contributed by atoms with van der Waals surface area (Å²) in [6, 6.07) is 2.60. The highest BCUT2D eigenvalue weighted by Crippen LogP contribution is 2.28. The second kappa shape index (κ2) is 8.71. The molecule has 0 aliphatic carbocycles. The maximum Gasteiger partial charge on any atom is 0.407 e. The molecule has 1 atom stereocenters. The van der Waals surface area contributed by atoms with Gasteiger partial charge in [0.15, 0.2) is 0 Å². The Morgan fingerprint density at radius 3 is 2.52 bits per heavy atom. The Morgan fingerprint density at radius 1 is 1.26 bits per heavy atom. The molecule has 0 spiro atoms. The number of benzene rings is 1. The van der Waals surface area contributed by atoms with Crippen LogP contribution in [0.15, 0.2) is 12.1 Å². The lowest BCUT2D eigenvalue weighted by atomic mass is 10.1. The third kappa shape index (κ3) is 7.38. The summed E-state index contributed by atoms with van der Waals surface area (Å²) in [6.45, 7) is 8.44. The van der Waals surface area contributed by atoms with Crippen LogP contribution in [0, 0.1) is 5.82 Å². The first-order chi connectivity index (χ1) is 10.6. The van der Waals surface area contributed by atoms with Crippen molar-refractivity contribution in [3.05, 3.63) is 33.6 Å². The van der Waals surface area contributed by atoms with Gasteiger partial charge in [-0.05, 0) is 58.4 Å². The fourth-order valence-corrected chi connectivity index (χ4v) is 2.44. The second-order valence-corrected chi connectivity index (χ2v) is 7.06. The topological polar surface area (TPSA) is 50.4 Å². The average Bonchev–Trinajstić information content (AvgIpc) is 2.40. The van der Waals surface area contributed by atoms with Gasteiger partial charge in [-0.3, -0.25) is 0 Å². The number of nitrogens with one attached hydrogen (secondary N) is 2. The zero-order valence-electron chi connectivity index (χ0n) is 13.8. The number of rotatable bonds is 6. The normalized spacial score (nSPS) is 12.8.